The topological polar surface area (TPSA) is 90.0 Å². The van der Waals surface area contributed by atoms with Crippen LogP contribution in [0.25, 0.3) is 21.8 Å². The molecule has 3 N–H and O–H groups in total. The van der Waals surface area contributed by atoms with E-state index in [1.54, 1.807) is 13.0 Å². The highest BCUT2D eigenvalue weighted by atomic mass is 16.5. The monoisotopic (exact) mass is 473 g/mol. The van der Waals surface area contributed by atoms with Crippen molar-refractivity contribution in [3.63, 3.8) is 0 Å². The number of aromatic nitrogens is 1. The zero-order valence-electron chi connectivity index (χ0n) is 20.7. The summed E-state index contributed by atoms with van der Waals surface area (Å²) in [6, 6.07) is 17.6. The Morgan fingerprint density at radius 2 is 1.49 bits per heavy atom. The molecule has 0 unspecified atom stereocenters. The average molecular weight is 474 g/mol. The molecule has 0 radical (unpaired) electrons. The number of carbonyl (C=O) groups is 1. The van der Waals surface area contributed by atoms with E-state index in [1.165, 1.54) is 0 Å². The third kappa shape index (κ3) is 4.93. The van der Waals surface area contributed by atoms with Crippen LogP contribution in [0.1, 0.15) is 12.5 Å². The zero-order valence-corrected chi connectivity index (χ0v) is 20.7. The number of ether oxygens (including phenoxy) is 1. The van der Waals surface area contributed by atoms with Crippen LogP contribution in [0.5, 0.6) is 0 Å². The molecule has 182 valence electrons. The van der Waals surface area contributed by atoms with Gasteiger partial charge >= 0.3 is 6.09 Å². The Bertz CT molecular complexity index is 1320. The molecular weight excluding hydrogens is 442 g/mol. The Morgan fingerprint density at radius 1 is 0.914 bits per heavy atom. The largest absolute Gasteiger partial charge is 0.450 e. The molecule has 8 heteroatoms. The van der Waals surface area contributed by atoms with Crippen molar-refractivity contribution in [2.24, 2.45) is 0 Å². The predicted molar refractivity (Wildman–Crippen MR) is 144 cm³/mol. The van der Waals surface area contributed by atoms with Gasteiger partial charge in [0.25, 0.3) is 0 Å². The fourth-order valence-corrected chi connectivity index (χ4v) is 4.17. The van der Waals surface area contributed by atoms with Crippen molar-refractivity contribution >= 4 is 56.3 Å². The Balaban J connectivity index is 1.94. The van der Waals surface area contributed by atoms with Gasteiger partial charge in [-0.1, -0.05) is 24.3 Å². The van der Waals surface area contributed by atoms with E-state index >= 15 is 0 Å². The van der Waals surface area contributed by atoms with Gasteiger partial charge in [-0.3, -0.25) is 5.32 Å². The van der Waals surface area contributed by atoms with Crippen LogP contribution in [0.15, 0.2) is 54.6 Å². The molecule has 8 nitrogen and oxygen atoms in total. The number of nitrogens with zero attached hydrogens (tertiary/aromatic N) is 3. The van der Waals surface area contributed by atoms with Crippen LogP contribution in [-0.2, 0) is 11.3 Å². The van der Waals surface area contributed by atoms with Crippen LogP contribution in [0, 0.1) is 0 Å². The Kier molecular flexibility index (Phi) is 6.93. The molecule has 35 heavy (non-hydrogen) atoms. The molecular formula is C27H31N5O3. The summed E-state index contributed by atoms with van der Waals surface area (Å²) in [5.74, 6) is 0. The third-order valence-electron chi connectivity index (χ3n) is 5.72. The van der Waals surface area contributed by atoms with Gasteiger partial charge in [0, 0.05) is 50.3 Å². The molecule has 0 aliphatic carbocycles. The highest BCUT2D eigenvalue weighted by Gasteiger charge is 2.17. The van der Waals surface area contributed by atoms with E-state index < -0.39 is 6.09 Å². The lowest BCUT2D eigenvalue weighted by atomic mass is 10.0. The van der Waals surface area contributed by atoms with Crippen molar-refractivity contribution in [3.05, 3.63) is 60.2 Å². The van der Waals surface area contributed by atoms with Gasteiger partial charge in [-0.15, -0.1) is 0 Å². The summed E-state index contributed by atoms with van der Waals surface area (Å²) in [4.78, 5) is 21.2. The average Bonchev–Trinajstić information content (AvgIpc) is 2.82. The van der Waals surface area contributed by atoms with E-state index in [0.717, 1.165) is 44.6 Å². The third-order valence-corrected chi connectivity index (χ3v) is 5.72. The summed E-state index contributed by atoms with van der Waals surface area (Å²) in [6.45, 7) is 1.86. The molecule has 4 rings (SSSR count). The van der Waals surface area contributed by atoms with E-state index in [9.17, 15) is 9.90 Å². The minimum Gasteiger partial charge on any atom is -0.450 e. The van der Waals surface area contributed by atoms with Crippen molar-refractivity contribution in [2.75, 3.05) is 55.2 Å². The van der Waals surface area contributed by atoms with Gasteiger partial charge in [0.15, 0.2) is 0 Å². The van der Waals surface area contributed by atoms with Gasteiger partial charge in [0.2, 0.25) is 0 Å². The van der Waals surface area contributed by atoms with E-state index in [0.29, 0.717) is 11.3 Å². The molecule has 1 amide bonds. The first-order valence-corrected chi connectivity index (χ1v) is 11.5. The Morgan fingerprint density at radius 3 is 2.00 bits per heavy atom. The SMILES string of the molecule is CCOC(=O)Nc1cc(CO)cc(Nc2c3cccc(N(C)C)c3nc3c(N(C)C)cccc23)c1. The molecule has 4 aromatic rings. The molecule has 0 spiro atoms. The minimum atomic E-state index is -0.542. The number of aliphatic hydroxyl groups is 1. The lowest BCUT2D eigenvalue weighted by Crippen LogP contribution is -2.13. The van der Waals surface area contributed by atoms with Gasteiger partial charge in [-0.05, 0) is 42.8 Å². The van der Waals surface area contributed by atoms with E-state index in [4.69, 9.17) is 9.72 Å². The van der Waals surface area contributed by atoms with Gasteiger partial charge in [0.05, 0.1) is 41.3 Å². The lowest BCUT2D eigenvalue weighted by molar-refractivity contribution is 0.168. The van der Waals surface area contributed by atoms with E-state index in [1.807, 2.05) is 64.6 Å². The number of benzene rings is 3. The lowest BCUT2D eigenvalue weighted by Gasteiger charge is -2.21. The molecule has 0 bridgehead atoms. The molecule has 0 atom stereocenters. The molecule has 1 aromatic heterocycles. The number of aliphatic hydroxyl groups excluding tert-OH is 1. The van der Waals surface area contributed by atoms with Crippen LogP contribution in [0.4, 0.5) is 33.2 Å². The number of hydrogen-bond donors (Lipinski definition) is 3. The summed E-state index contributed by atoms with van der Waals surface area (Å²) in [5, 5.41) is 18.1. The number of amides is 1. The predicted octanol–water partition coefficient (Wildman–Crippen LogP) is 5.32. The van der Waals surface area contributed by atoms with Crippen molar-refractivity contribution in [3.8, 4) is 0 Å². The van der Waals surface area contributed by atoms with Crippen molar-refractivity contribution < 1.29 is 14.6 Å². The molecule has 0 aliphatic rings. The maximum absolute atomic E-state index is 12.0. The van der Waals surface area contributed by atoms with Crippen molar-refractivity contribution in [2.45, 2.75) is 13.5 Å². The molecule has 0 saturated carbocycles. The molecule has 0 aliphatic heterocycles. The summed E-state index contributed by atoms with van der Waals surface area (Å²) >= 11 is 0. The van der Waals surface area contributed by atoms with Crippen LogP contribution < -0.4 is 20.4 Å². The maximum Gasteiger partial charge on any atom is 0.411 e. The second-order valence-electron chi connectivity index (χ2n) is 8.67. The van der Waals surface area contributed by atoms with Crippen LogP contribution in [0.3, 0.4) is 0 Å². The standard InChI is InChI=1S/C27H31N5O3/c1-6-35-27(34)29-19-14-17(16-33)13-18(15-19)28-24-20-9-7-11-22(31(2)3)25(20)30-26-21(24)10-8-12-23(26)32(4)5/h7-15,33H,6,16H2,1-5H3,(H,28,30)(H,29,34). The minimum absolute atomic E-state index is 0.166. The van der Waals surface area contributed by atoms with Crippen LogP contribution in [-0.4, -0.2) is 51.0 Å². The number of anilines is 5. The highest BCUT2D eigenvalue weighted by Crippen LogP contribution is 2.39. The van der Waals surface area contributed by atoms with Gasteiger partial charge in [-0.2, -0.15) is 0 Å². The number of rotatable bonds is 7. The number of fused-ring (bicyclic) bond motifs is 2. The van der Waals surface area contributed by atoms with Crippen molar-refractivity contribution in [1.29, 1.82) is 0 Å². The molecule has 0 saturated heterocycles. The first-order valence-electron chi connectivity index (χ1n) is 11.5. The van der Waals surface area contributed by atoms with Gasteiger partial charge in [0.1, 0.15) is 0 Å². The van der Waals surface area contributed by atoms with Gasteiger partial charge < -0.3 is 25.0 Å². The normalized spacial score (nSPS) is 10.9. The van der Waals surface area contributed by atoms with Crippen LogP contribution >= 0.6 is 0 Å². The second-order valence-corrected chi connectivity index (χ2v) is 8.67. The molecule has 1 heterocycles. The number of pyridine rings is 1. The smallest absolute Gasteiger partial charge is 0.411 e. The van der Waals surface area contributed by atoms with Crippen LogP contribution in [0.2, 0.25) is 0 Å². The summed E-state index contributed by atoms with van der Waals surface area (Å²) in [7, 11) is 8.01. The van der Waals surface area contributed by atoms with Gasteiger partial charge in [-0.25, -0.2) is 9.78 Å². The number of hydrogen-bond acceptors (Lipinski definition) is 7. The quantitative estimate of drug-likeness (QED) is 0.313. The molecule has 3 aromatic carbocycles. The number of carbonyl (C=O) groups excluding carboxylic acids is 1. The Labute approximate surface area is 205 Å². The Hall–Kier alpha value is -4.04. The summed E-state index contributed by atoms with van der Waals surface area (Å²) in [5.41, 5.74) is 6.59. The zero-order chi connectivity index (χ0) is 25.1. The van der Waals surface area contributed by atoms with E-state index in [-0.39, 0.29) is 13.2 Å². The fraction of sp³-hybridized carbons (Fsp3) is 0.259. The second kappa shape index (κ2) is 10.1. The summed E-state index contributed by atoms with van der Waals surface area (Å²) in [6.07, 6.45) is -0.542. The number of nitrogens with one attached hydrogen (secondary N) is 2. The van der Waals surface area contributed by atoms with Crippen molar-refractivity contribution in [1.82, 2.24) is 4.98 Å². The first kappa shape index (κ1) is 24.1. The first-order chi connectivity index (χ1) is 16.8. The molecule has 0 fully saturated rings. The summed E-state index contributed by atoms with van der Waals surface area (Å²) < 4.78 is 5.01. The maximum atomic E-state index is 12.0. The fourth-order valence-electron chi connectivity index (χ4n) is 4.17. The highest BCUT2D eigenvalue weighted by molar-refractivity contribution is 6.14. The van der Waals surface area contributed by atoms with E-state index in [2.05, 4.69) is 32.6 Å². The number of para-hydroxylation sites is 2.